The molecule has 1 N–H and O–H groups in total. The van der Waals surface area contributed by atoms with Gasteiger partial charge in [0.2, 0.25) is 0 Å². The van der Waals surface area contributed by atoms with Gasteiger partial charge in [-0.25, -0.2) is 0 Å². The van der Waals surface area contributed by atoms with Gasteiger partial charge in [0, 0.05) is 12.8 Å². The minimum Gasteiger partial charge on any atom is -0.462 e. The summed E-state index contributed by atoms with van der Waals surface area (Å²) in [5.74, 6) is -0.605. The minimum absolute atomic E-state index is 0.0795. The summed E-state index contributed by atoms with van der Waals surface area (Å²) in [4.78, 5) is 24.7. The lowest BCUT2D eigenvalue weighted by atomic mass is 10.0. The Labute approximate surface area is 543 Å². The van der Waals surface area contributed by atoms with Crippen LogP contribution in [0.1, 0.15) is 296 Å². The van der Waals surface area contributed by atoms with Crippen molar-refractivity contribution in [1.82, 2.24) is 0 Å². The van der Waals surface area contributed by atoms with Crippen molar-refractivity contribution in [2.75, 3.05) is 13.2 Å². The molecule has 0 fully saturated rings. The number of hydrogen-bond donors (Lipinski definition) is 1. The minimum atomic E-state index is -0.790. The average molecular weight is 1210 g/mol. The first-order valence-corrected chi connectivity index (χ1v) is 36.0. The van der Waals surface area contributed by atoms with Gasteiger partial charge >= 0.3 is 11.9 Å². The Kier molecular flexibility index (Phi) is 71.4. The molecule has 0 aliphatic heterocycles. The summed E-state index contributed by atoms with van der Waals surface area (Å²) in [5.41, 5.74) is 0. The number of rotatable bonds is 64. The highest BCUT2D eigenvalue weighted by atomic mass is 16.6. The van der Waals surface area contributed by atoms with Gasteiger partial charge in [0.05, 0.1) is 6.61 Å². The number of aliphatic hydroxyl groups is 1. The lowest BCUT2D eigenvalue weighted by Gasteiger charge is -2.15. The van der Waals surface area contributed by atoms with Gasteiger partial charge in [-0.3, -0.25) is 9.59 Å². The maximum atomic E-state index is 12.4. The van der Waals surface area contributed by atoms with Crippen LogP contribution >= 0.6 is 0 Å². The molecule has 0 spiro atoms. The van der Waals surface area contributed by atoms with E-state index in [1.54, 1.807) is 0 Å². The van der Waals surface area contributed by atoms with E-state index < -0.39 is 6.10 Å². The SMILES string of the molecule is CC/C=C\C/C=C\C/C=C\C/C=C\C/C=C\C/C=C\C/C=C\C/C=C\CCCCCCCCCCCCCCCCCCC(=O)OC(CO)COC(=O)CCCCCCCCCC/C=C\C/C=C\C/C=C\C/C=C\C/C=C\C/C=C\C/C=C\C/C=C\CC. The van der Waals surface area contributed by atoms with Crippen molar-refractivity contribution in [2.45, 2.75) is 302 Å². The predicted octanol–water partition coefficient (Wildman–Crippen LogP) is 25.5. The molecule has 0 aromatic heterocycles. The largest absolute Gasteiger partial charge is 0.462 e. The molecule has 0 bridgehead atoms. The Morgan fingerprint density at radius 3 is 0.682 bits per heavy atom. The van der Waals surface area contributed by atoms with Crippen LogP contribution in [0.15, 0.2) is 194 Å². The van der Waals surface area contributed by atoms with Crippen molar-refractivity contribution in [2.24, 2.45) is 0 Å². The van der Waals surface area contributed by atoms with E-state index in [1.807, 2.05) is 0 Å². The summed E-state index contributed by atoms with van der Waals surface area (Å²) >= 11 is 0. The molecule has 1 atom stereocenters. The van der Waals surface area contributed by atoms with Crippen LogP contribution in [0.5, 0.6) is 0 Å². The fourth-order valence-electron chi connectivity index (χ4n) is 9.59. The van der Waals surface area contributed by atoms with E-state index in [4.69, 9.17) is 9.47 Å². The zero-order valence-electron chi connectivity index (χ0n) is 56.7. The maximum absolute atomic E-state index is 12.4. The first-order valence-electron chi connectivity index (χ1n) is 36.0. The molecule has 494 valence electrons. The number of allylic oxidation sites excluding steroid dienone is 32. The molecule has 0 saturated carbocycles. The van der Waals surface area contributed by atoms with Gasteiger partial charge in [0.25, 0.3) is 0 Å². The van der Waals surface area contributed by atoms with Crippen LogP contribution in [0.4, 0.5) is 0 Å². The van der Waals surface area contributed by atoms with Gasteiger partial charge in [-0.1, -0.05) is 337 Å². The maximum Gasteiger partial charge on any atom is 0.306 e. The van der Waals surface area contributed by atoms with Crippen LogP contribution in [0, 0.1) is 0 Å². The van der Waals surface area contributed by atoms with Crippen molar-refractivity contribution >= 4 is 11.9 Å². The first-order chi connectivity index (χ1) is 43.6. The molecule has 5 heteroatoms. The van der Waals surface area contributed by atoms with Gasteiger partial charge in [-0.05, 0) is 141 Å². The smallest absolute Gasteiger partial charge is 0.306 e. The monoisotopic (exact) mass is 1210 g/mol. The molecule has 0 heterocycles. The molecule has 0 aromatic rings. The lowest BCUT2D eigenvalue weighted by Crippen LogP contribution is -2.28. The third kappa shape index (κ3) is 73.2. The molecule has 0 amide bonds. The number of hydrogen-bond acceptors (Lipinski definition) is 5. The number of ether oxygens (including phenoxy) is 2. The molecule has 0 rings (SSSR count). The van der Waals surface area contributed by atoms with Crippen LogP contribution in [0.25, 0.3) is 0 Å². The fraction of sp³-hybridized carbons (Fsp3) is 0.590. The van der Waals surface area contributed by atoms with Crippen molar-refractivity contribution < 1.29 is 24.2 Å². The van der Waals surface area contributed by atoms with E-state index >= 15 is 0 Å². The topological polar surface area (TPSA) is 72.8 Å². The third-order valence-corrected chi connectivity index (χ3v) is 14.9. The summed E-state index contributed by atoms with van der Waals surface area (Å²) in [6, 6.07) is 0. The normalized spacial score (nSPS) is 13.4. The highest BCUT2D eigenvalue weighted by Crippen LogP contribution is 2.16. The standard InChI is InChI=1S/C83H132O5/c1-3-5-7-9-11-13-15-17-19-21-23-25-27-29-31-33-35-37-38-39-40-41-42-43-44-46-48-50-52-54-56-58-60-62-64-66-68-70-72-74-76-78-83(86)88-81(79-84)80-87-82(85)77-75-73-71-69-67-65-63-61-59-57-55-53-51-49-47-45-36-34-32-30-28-26-24-22-20-18-16-14-12-10-8-6-4-2/h5-8,11-14,17-20,23-26,29-32,35-37,39-40,42-43,45,49,51,55,57,81,84H,3-4,9-10,15-16,21-22,27-28,33-34,38,41,44,46-48,50,52-54,56,58-80H2,1-2H3/b7-5-,8-6-,13-11-,14-12-,19-17-,20-18-,25-23-,26-24-,31-29-,32-30-,37-35-,40-39-,43-42-,45-36-,51-49-,57-55-. The first kappa shape index (κ1) is 82.7. The Morgan fingerprint density at radius 1 is 0.261 bits per heavy atom. The molecule has 0 saturated heterocycles. The van der Waals surface area contributed by atoms with Gasteiger partial charge in [-0.15, -0.1) is 0 Å². The summed E-state index contributed by atoms with van der Waals surface area (Å²) in [6.45, 7) is 3.91. The Balaban J connectivity index is 3.55. The number of unbranched alkanes of at least 4 members (excludes halogenated alkanes) is 24. The van der Waals surface area contributed by atoms with Crippen LogP contribution < -0.4 is 0 Å². The van der Waals surface area contributed by atoms with E-state index in [-0.39, 0.29) is 25.2 Å². The van der Waals surface area contributed by atoms with Crippen LogP contribution in [-0.4, -0.2) is 36.4 Å². The van der Waals surface area contributed by atoms with Crippen molar-refractivity contribution in [3.8, 4) is 0 Å². The second-order valence-corrected chi connectivity index (χ2v) is 23.2. The van der Waals surface area contributed by atoms with E-state index in [2.05, 4.69) is 208 Å². The molecule has 0 radical (unpaired) electrons. The summed E-state index contributed by atoms with van der Waals surface area (Å²) in [6.07, 6.45) is 120. The van der Waals surface area contributed by atoms with E-state index in [0.717, 1.165) is 148 Å². The molecule has 5 nitrogen and oxygen atoms in total. The number of carbonyl (C=O) groups is 2. The van der Waals surface area contributed by atoms with Crippen LogP contribution in [0.2, 0.25) is 0 Å². The molecule has 0 aromatic carbocycles. The average Bonchev–Trinajstić information content (AvgIpc) is 3.56. The quantitative estimate of drug-likeness (QED) is 0.0373. The fourth-order valence-corrected chi connectivity index (χ4v) is 9.59. The molecular formula is C83H132O5. The molecule has 0 aliphatic rings. The number of esters is 2. The number of aliphatic hydroxyl groups excluding tert-OH is 1. The Bertz CT molecular complexity index is 2000. The zero-order chi connectivity index (χ0) is 63.3. The van der Waals surface area contributed by atoms with Crippen molar-refractivity contribution in [3.63, 3.8) is 0 Å². The van der Waals surface area contributed by atoms with Gasteiger partial charge in [0.15, 0.2) is 6.10 Å². The third-order valence-electron chi connectivity index (χ3n) is 14.9. The second kappa shape index (κ2) is 76.0. The second-order valence-electron chi connectivity index (χ2n) is 23.2. The molecule has 0 aliphatic carbocycles. The zero-order valence-corrected chi connectivity index (χ0v) is 56.7. The summed E-state index contributed by atoms with van der Waals surface area (Å²) < 4.78 is 10.8. The molecule has 1 unspecified atom stereocenters. The highest BCUT2D eigenvalue weighted by Gasteiger charge is 2.16. The highest BCUT2D eigenvalue weighted by molar-refractivity contribution is 5.70. The predicted molar refractivity (Wildman–Crippen MR) is 389 cm³/mol. The Hall–Kier alpha value is -5.26. The number of carbonyl (C=O) groups excluding carboxylic acids is 2. The molecule has 88 heavy (non-hydrogen) atoms. The summed E-state index contributed by atoms with van der Waals surface area (Å²) in [5, 5.41) is 9.71. The summed E-state index contributed by atoms with van der Waals surface area (Å²) in [7, 11) is 0. The Morgan fingerprint density at radius 2 is 0.455 bits per heavy atom. The van der Waals surface area contributed by atoms with Crippen LogP contribution in [0.3, 0.4) is 0 Å². The van der Waals surface area contributed by atoms with Crippen molar-refractivity contribution in [1.29, 1.82) is 0 Å². The lowest BCUT2D eigenvalue weighted by molar-refractivity contribution is -0.161. The van der Waals surface area contributed by atoms with Gasteiger partial charge < -0.3 is 14.6 Å². The van der Waals surface area contributed by atoms with E-state index in [9.17, 15) is 14.7 Å². The van der Waals surface area contributed by atoms with Gasteiger partial charge in [-0.2, -0.15) is 0 Å². The van der Waals surface area contributed by atoms with Crippen molar-refractivity contribution in [3.05, 3.63) is 194 Å². The van der Waals surface area contributed by atoms with Gasteiger partial charge in [0.1, 0.15) is 6.61 Å². The molecular weight excluding hydrogens is 1080 g/mol. The van der Waals surface area contributed by atoms with E-state index in [0.29, 0.717) is 12.8 Å². The van der Waals surface area contributed by atoms with Crippen LogP contribution in [-0.2, 0) is 19.1 Å². The van der Waals surface area contributed by atoms with E-state index in [1.165, 1.54) is 122 Å².